The predicted octanol–water partition coefficient (Wildman–Crippen LogP) is 7.08. The second-order valence-corrected chi connectivity index (χ2v) is 4.62. The molecule has 3 nitrogen and oxygen atoms in total. The first-order valence-electron chi connectivity index (χ1n) is 8.91. The van der Waals surface area contributed by atoms with E-state index in [1.165, 1.54) is 5.56 Å². The van der Waals surface area contributed by atoms with Crippen LogP contribution in [0.2, 0.25) is 0 Å². The smallest absolute Gasteiger partial charge is 0.227 e. The Balaban J connectivity index is 0. The molecule has 2 aromatic carbocycles. The molecule has 1 N–H and O–H groups in total. The van der Waals surface area contributed by atoms with Gasteiger partial charge in [-0.15, -0.1) is 0 Å². The van der Waals surface area contributed by atoms with Crippen molar-refractivity contribution in [2.24, 2.45) is 0 Å². The number of aromatic nitrogens is 2. The van der Waals surface area contributed by atoms with E-state index in [9.17, 15) is 4.39 Å². The van der Waals surface area contributed by atoms with E-state index in [2.05, 4.69) is 34.3 Å². The van der Waals surface area contributed by atoms with Crippen molar-refractivity contribution in [2.75, 3.05) is 12.5 Å². The van der Waals surface area contributed by atoms with Crippen LogP contribution < -0.4 is 5.32 Å². The van der Waals surface area contributed by atoms with Gasteiger partial charge in [-0.2, -0.15) is 0 Å². The molecular formula is C22H32FN3. The fourth-order valence-corrected chi connectivity index (χ4v) is 1.95. The van der Waals surface area contributed by atoms with E-state index in [1.807, 2.05) is 76.2 Å². The molecule has 0 fully saturated rings. The average Bonchev–Trinajstić information content (AvgIpc) is 2.75. The van der Waals surface area contributed by atoms with Gasteiger partial charge in [0.05, 0.1) is 12.9 Å². The van der Waals surface area contributed by atoms with Gasteiger partial charge in [0.2, 0.25) is 5.95 Å². The molecule has 0 aliphatic carbocycles. The van der Waals surface area contributed by atoms with Crippen LogP contribution in [-0.2, 0) is 0 Å². The van der Waals surface area contributed by atoms with Gasteiger partial charge in [0, 0.05) is 18.9 Å². The highest BCUT2D eigenvalue weighted by Gasteiger charge is 2.02. The molecule has 0 bridgehead atoms. The van der Waals surface area contributed by atoms with Gasteiger partial charge < -0.3 is 5.32 Å². The Morgan fingerprint density at radius 3 is 1.96 bits per heavy atom. The van der Waals surface area contributed by atoms with Gasteiger partial charge in [0.25, 0.3) is 0 Å². The standard InChI is InChI=1S/C17H15N3.2C2H6.CH3F.H2/c1-13-7-9-15(10-8-13)19-17-18-12-11-16(20-17)14-5-3-2-4-6-14;3*1-2;/h2-12H,1H3,(H,18,19,20);2*1-2H3;1H3;1H. The van der Waals surface area contributed by atoms with Crippen molar-refractivity contribution in [2.45, 2.75) is 34.6 Å². The fraction of sp³-hybridized carbons (Fsp3) is 0.273. The molecule has 0 unspecified atom stereocenters. The van der Waals surface area contributed by atoms with Gasteiger partial charge >= 0.3 is 0 Å². The van der Waals surface area contributed by atoms with Crippen molar-refractivity contribution in [3.8, 4) is 11.3 Å². The molecule has 1 heterocycles. The van der Waals surface area contributed by atoms with Crippen LogP contribution in [0.4, 0.5) is 16.0 Å². The summed E-state index contributed by atoms with van der Waals surface area (Å²) in [4.78, 5) is 8.80. The topological polar surface area (TPSA) is 37.8 Å². The zero-order valence-corrected chi connectivity index (χ0v) is 16.6. The molecule has 0 aliphatic rings. The molecule has 26 heavy (non-hydrogen) atoms. The van der Waals surface area contributed by atoms with E-state index in [4.69, 9.17) is 0 Å². The highest BCUT2D eigenvalue weighted by atomic mass is 19.1. The molecule has 0 saturated heterocycles. The highest BCUT2D eigenvalue weighted by molar-refractivity contribution is 5.61. The molecule has 0 spiro atoms. The largest absolute Gasteiger partial charge is 0.324 e. The van der Waals surface area contributed by atoms with Crippen LogP contribution in [0.15, 0.2) is 66.9 Å². The quantitative estimate of drug-likeness (QED) is 0.544. The molecule has 0 saturated carbocycles. The first-order chi connectivity index (χ1) is 12.8. The van der Waals surface area contributed by atoms with Gasteiger partial charge in [-0.05, 0) is 25.1 Å². The van der Waals surface area contributed by atoms with E-state index in [0.717, 1.165) is 16.9 Å². The minimum Gasteiger partial charge on any atom is -0.324 e. The van der Waals surface area contributed by atoms with Gasteiger partial charge in [-0.25, -0.2) is 9.97 Å². The first-order valence-corrected chi connectivity index (χ1v) is 8.91. The maximum atomic E-state index is 9.50. The maximum Gasteiger partial charge on any atom is 0.227 e. The number of halogens is 1. The Labute approximate surface area is 158 Å². The molecule has 0 radical (unpaired) electrons. The Bertz CT molecular complexity index is 704. The minimum atomic E-state index is 0. The number of rotatable bonds is 3. The molecule has 142 valence electrons. The zero-order chi connectivity index (χ0) is 19.8. The number of alkyl halides is 1. The molecule has 0 atom stereocenters. The zero-order valence-electron chi connectivity index (χ0n) is 16.6. The third-order valence-electron chi connectivity index (χ3n) is 3.03. The monoisotopic (exact) mass is 357 g/mol. The summed E-state index contributed by atoms with van der Waals surface area (Å²) in [6, 6.07) is 20.2. The number of benzene rings is 2. The van der Waals surface area contributed by atoms with Crippen molar-refractivity contribution in [3.05, 3.63) is 72.4 Å². The minimum absolute atomic E-state index is 0. The average molecular weight is 358 g/mol. The Morgan fingerprint density at radius 2 is 1.38 bits per heavy atom. The third-order valence-corrected chi connectivity index (χ3v) is 3.03. The van der Waals surface area contributed by atoms with Crippen molar-refractivity contribution >= 4 is 11.6 Å². The van der Waals surface area contributed by atoms with E-state index in [1.54, 1.807) is 6.20 Å². The van der Waals surface area contributed by atoms with Crippen LogP contribution in [0.25, 0.3) is 11.3 Å². The first kappa shape index (κ1) is 23.2. The van der Waals surface area contributed by atoms with Crippen molar-refractivity contribution in [1.82, 2.24) is 9.97 Å². The predicted molar refractivity (Wildman–Crippen MR) is 114 cm³/mol. The molecule has 1 aromatic heterocycles. The lowest BCUT2D eigenvalue weighted by molar-refractivity contribution is 0.636. The SMILES string of the molecule is CC.CC.CF.Cc1ccc(Nc2nccc(-c3ccccc3)n2)cc1.[HH]. The summed E-state index contributed by atoms with van der Waals surface area (Å²) in [6.45, 7) is 10.1. The van der Waals surface area contributed by atoms with Gasteiger partial charge in [0.15, 0.2) is 0 Å². The summed E-state index contributed by atoms with van der Waals surface area (Å²) in [6.07, 6.45) is 1.77. The maximum absolute atomic E-state index is 9.50. The number of hydrogen-bond donors (Lipinski definition) is 1. The number of anilines is 2. The van der Waals surface area contributed by atoms with E-state index < -0.39 is 0 Å². The molecule has 4 heteroatoms. The molecule has 0 aliphatic heterocycles. The number of hydrogen-bond acceptors (Lipinski definition) is 3. The summed E-state index contributed by atoms with van der Waals surface area (Å²) in [5.41, 5.74) is 4.22. The van der Waals surface area contributed by atoms with Crippen molar-refractivity contribution < 1.29 is 5.82 Å². The number of nitrogens with one attached hydrogen (secondary N) is 1. The fourth-order valence-electron chi connectivity index (χ4n) is 1.95. The van der Waals surface area contributed by atoms with Crippen LogP contribution in [0.1, 0.15) is 34.7 Å². The van der Waals surface area contributed by atoms with Crippen LogP contribution in [0.3, 0.4) is 0 Å². The lowest BCUT2D eigenvalue weighted by Gasteiger charge is -2.06. The molecule has 3 rings (SSSR count). The lowest BCUT2D eigenvalue weighted by Crippen LogP contribution is -1.97. The number of aryl methyl sites for hydroxylation is 1. The Hall–Kier alpha value is -2.75. The molecule has 3 aromatic rings. The van der Waals surface area contributed by atoms with Crippen LogP contribution in [0.5, 0.6) is 0 Å². The summed E-state index contributed by atoms with van der Waals surface area (Å²) in [7, 11) is 0.500. The second kappa shape index (κ2) is 14.6. The molecule has 0 amide bonds. The Kier molecular flexibility index (Phi) is 13.0. The third kappa shape index (κ3) is 7.88. The van der Waals surface area contributed by atoms with Crippen LogP contribution in [-0.4, -0.2) is 17.1 Å². The summed E-state index contributed by atoms with van der Waals surface area (Å²) >= 11 is 0. The second-order valence-electron chi connectivity index (χ2n) is 4.62. The lowest BCUT2D eigenvalue weighted by atomic mass is 10.1. The van der Waals surface area contributed by atoms with Gasteiger partial charge in [-0.3, -0.25) is 4.39 Å². The van der Waals surface area contributed by atoms with Crippen molar-refractivity contribution in [1.29, 1.82) is 0 Å². The number of nitrogens with zero attached hydrogens (tertiary/aromatic N) is 2. The van der Waals surface area contributed by atoms with E-state index in [-0.39, 0.29) is 1.43 Å². The van der Waals surface area contributed by atoms with Gasteiger partial charge in [-0.1, -0.05) is 75.7 Å². The normalized spacial score (nSPS) is 8.58. The van der Waals surface area contributed by atoms with Crippen LogP contribution in [0, 0.1) is 6.92 Å². The van der Waals surface area contributed by atoms with E-state index >= 15 is 0 Å². The molecular weight excluding hydrogens is 325 g/mol. The van der Waals surface area contributed by atoms with E-state index in [0.29, 0.717) is 13.1 Å². The van der Waals surface area contributed by atoms with Crippen molar-refractivity contribution in [3.63, 3.8) is 0 Å². The summed E-state index contributed by atoms with van der Waals surface area (Å²) < 4.78 is 9.50. The van der Waals surface area contributed by atoms with Gasteiger partial charge in [0.1, 0.15) is 0 Å². The summed E-state index contributed by atoms with van der Waals surface area (Å²) in [5.74, 6) is 0.607. The van der Waals surface area contributed by atoms with Crippen LogP contribution >= 0.6 is 0 Å². The Morgan fingerprint density at radius 1 is 0.808 bits per heavy atom. The summed E-state index contributed by atoms with van der Waals surface area (Å²) in [5, 5.41) is 3.22. The highest BCUT2D eigenvalue weighted by Crippen LogP contribution is 2.19.